The Kier molecular flexibility index (Phi) is 4.82. The predicted octanol–water partition coefficient (Wildman–Crippen LogP) is 4.92. The van der Waals surface area contributed by atoms with E-state index in [2.05, 4.69) is 21.2 Å². The minimum absolute atomic E-state index is 0.111. The molecule has 0 saturated heterocycles. The molecule has 2 aromatic rings. The molecule has 108 valence electrons. The van der Waals surface area contributed by atoms with Crippen molar-refractivity contribution in [1.82, 2.24) is 0 Å². The Morgan fingerprint density at radius 1 is 1.19 bits per heavy atom. The lowest BCUT2D eigenvalue weighted by Crippen LogP contribution is -2.13. The Hall–Kier alpha value is -1.63. The molecule has 0 radical (unpaired) electrons. The third-order valence-corrected chi connectivity index (χ3v) is 3.93. The fraction of sp³-hybridized carbons (Fsp3) is 0. The first-order valence-electron chi connectivity index (χ1n) is 5.59. The molecule has 21 heavy (non-hydrogen) atoms. The number of halogens is 3. The van der Waals surface area contributed by atoms with Crippen LogP contribution in [0, 0.1) is 10.1 Å². The minimum atomic E-state index is -0.578. The average molecular weight is 390 g/mol. The molecule has 1 N–H and O–H groups in total. The number of hydrogen-bond acceptors (Lipinski definition) is 3. The van der Waals surface area contributed by atoms with Crippen molar-refractivity contribution in [3.05, 3.63) is 66.6 Å². The molecule has 2 rings (SSSR count). The van der Waals surface area contributed by atoms with Crippen molar-refractivity contribution in [1.29, 1.82) is 0 Å². The first-order valence-corrected chi connectivity index (χ1v) is 7.14. The molecule has 0 unspecified atom stereocenters. The fourth-order valence-corrected chi connectivity index (χ4v) is 2.52. The number of nitrogens with zero attached hydrogens (tertiary/aromatic N) is 1. The highest BCUT2D eigenvalue weighted by atomic mass is 79.9. The lowest BCUT2D eigenvalue weighted by Gasteiger charge is -2.10. The molecule has 0 aliphatic rings. The summed E-state index contributed by atoms with van der Waals surface area (Å²) >= 11 is 15.1. The van der Waals surface area contributed by atoms with Crippen LogP contribution in [0.25, 0.3) is 0 Å². The van der Waals surface area contributed by atoms with Gasteiger partial charge in [0.25, 0.3) is 11.6 Å². The third kappa shape index (κ3) is 3.53. The van der Waals surface area contributed by atoms with Crippen LogP contribution >= 0.6 is 39.1 Å². The zero-order valence-electron chi connectivity index (χ0n) is 10.3. The van der Waals surface area contributed by atoms with Crippen LogP contribution in [0.1, 0.15) is 10.4 Å². The molecular formula is C13H7BrCl2N2O3. The van der Waals surface area contributed by atoms with Gasteiger partial charge in [-0.15, -0.1) is 0 Å². The summed E-state index contributed by atoms with van der Waals surface area (Å²) in [6, 6.07) is 8.69. The summed E-state index contributed by atoms with van der Waals surface area (Å²) in [5, 5.41) is 13.9. The van der Waals surface area contributed by atoms with Crippen LogP contribution in [0.3, 0.4) is 0 Å². The zero-order valence-corrected chi connectivity index (χ0v) is 13.4. The molecule has 0 saturated carbocycles. The van der Waals surface area contributed by atoms with Crippen LogP contribution in [0.5, 0.6) is 0 Å². The van der Waals surface area contributed by atoms with Gasteiger partial charge in [0.1, 0.15) is 0 Å². The van der Waals surface area contributed by atoms with E-state index in [0.29, 0.717) is 4.47 Å². The van der Waals surface area contributed by atoms with Crippen molar-refractivity contribution in [3.8, 4) is 0 Å². The summed E-state index contributed by atoms with van der Waals surface area (Å²) in [6.45, 7) is 0. The highest BCUT2D eigenvalue weighted by Crippen LogP contribution is 2.31. The maximum absolute atomic E-state index is 12.2. The molecule has 0 aliphatic carbocycles. The van der Waals surface area contributed by atoms with Gasteiger partial charge in [-0.2, -0.15) is 0 Å². The van der Waals surface area contributed by atoms with E-state index in [1.807, 2.05) is 0 Å². The second-order valence-electron chi connectivity index (χ2n) is 3.97. The summed E-state index contributed by atoms with van der Waals surface area (Å²) in [7, 11) is 0. The van der Waals surface area contributed by atoms with Gasteiger partial charge in [-0.05, 0) is 34.1 Å². The molecule has 0 spiro atoms. The van der Waals surface area contributed by atoms with Crippen LogP contribution in [-0.4, -0.2) is 10.8 Å². The summed E-state index contributed by atoms with van der Waals surface area (Å²) < 4.78 is 0.425. The van der Waals surface area contributed by atoms with Crippen molar-refractivity contribution in [3.63, 3.8) is 0 Å². The first-order chi connectivity index (χ1) is 9.90. The maximum atomic E-state index is 12.2. The Morgan fingerprint density at radius 2 is 1.81 bits per heavy atom. The molecule has 0 atom stereocenters. The monoisotopic (exact) mass is 388 g/mol. The fourth-order valence-electron chi connectivity index (χ4n) is 1.60. The zero-order chi connectivity index (χ0) is 15.6. The normalized spacial score (nSPS) is 10.2. The highest BCUT2D eigenvalue weighted by molar-refractivity contribution is 9.10. The molecule has 0 aromatic heterocycles. The second kappa shape index (κ2) is 6.43. The van der Waals surface area contributed by atoms with E-state index in [0.717, 1.165) is 0 Å². The lowest BCUT2D eigenvalue weighted by atomic mass is 10.2. The number of rotatable bonds is 3. The highest BCUT2D eigenvalue weighted by Gasteiger charge is 2.17. The van der Waals surface area contributed by atoms with Crippen molar-refractivity contribution >= 4 is 56.4 Å². The lowest BCUT2D eigenvalue weighted by molar-refractivity contribution is -0.384. The average Bonchev–Trinajstić information content (AvgIpc) is 2.43. The van der Waals surface area contributed by atoms with Gasteiger partial charge in [0.05, 0.1) is 26.2 Å². The summed E-state index contributed by atoms with van der Waals surface area (Å²) in [5.41, 5.74) is 0.179. The van der Waals surface area contributed by atoms with Gasteiger partial charge in [-0.1, -0.05) is 29.3 Å². The number of benzene rings is 2. The number of nitrogens with one attached hydrogen (secondary N) is 1. The molecule has 0 aliphatic heterocycles. The van der Waals surface area contributed by atoms with Gasteiger partial charge in [-0.3, -0.25) is 14.9 Å². The number of hydrogen-bond donors (Lipinski definition) is 1. The van der Waals surface area contributed by atoms with Gasteiger partial charge in [-0.25, -0.2) is 0 Å². The largest absolute Gasteiger partial charge is 0.319 e. The van der Waals surface area contributed by atoms with Crippen molar-refractivity contribution < 1.29 is 9.72 Å². The van der Waals surface area contributed by atoms with E-state index in [4.69, 9.17) is 23.2 Å². The molecular weight excluding hydrogens is 383 g/mol. The number of anilines is 1. The predicted molar refractivity (Wildman–Crippen MR) is 85.2 cm³/mol. The molecule has 0 fully saturated rings. The minimum Gasteiger partial charge on any atom is -0.319 e. The Balaban J connectivity index is 2.37. The van der Waals surface area contributed by atoms with Gasteiger partial charge in [0.2, 0.25) is 0 Å². The Labute approximate surface area is 138 Å². The molecule has 5 nitrogen and oxygen atoms in total. The Morgan fingerprint density at radius 3 is 2.38 bits per heavy atom. The first kappa shape index (κ1) is 15.8. The van der Waals surface area contributed by atoms with E-state index >= 15 is 0 Å². The number of nitro benzene ring substituents is 1. The van der Waals surface area contributed by atoms with Crippen molar-refractivity contribution in [2.45, 2.75) is 0 Å². The molecule has 0 bridgehead atoms. The number of amides is 1. The molecule has 0 heterocycles. The number of carbonyl (C=O) groups excluding carboxylic acids is 1. The molecule has 1 amide bonds. The van der Waals surface area contributed by atoms with Crippen LogP contribution < -0.4 is 5.32 Å². The van der Waals surface area contributed by atoms with Crippen molar-refractivity contribution in [2.24, 2.45) is 0 Å². The molecule has 2 aromatic carbocycles. The van der Waals surface area contributed by atoms with Gasteiger partial charge >= 0.3 is 0 Å². The maximum Gasteiger partial charge on any atom is 0.270 e. The van der Waals surface area contributed by atoms with Crippen LogP contribution in [0.15, 0.2) is 40.9 Å². The van der Waals surface area contributed by atoms with Crippen molar-refractivity contribution in [2.75, 3.05) is 5.32 Å². The summed E-state index contributed by atoms with van der Waals surface area (Å²) in [6.07, 6.45) is 0. The van der Waals surface area contributed by atoms with Crippen LogP contribution in [-0.2, 0) is 0 Å². The number of carbonyl (C=O) groups is 1. The van der Waals surface area contributed by atoms with Crippen LogP contribution in [0.2, 0.25) is 10.0 Å². The smallest absolute Gasteiger partial charge is 0.270 e. The number of para-hydroxylation sites is 1. The van der Waals surface area contributed by atoms with E-state index in [1.54, 1.807) is 18.2 Å². The van der Waals surface area contributed by atoms with E-state index < -0.39 is 10.8 Å². The second-order valence-corrected chi connectivity index (χ2v) is 5.64. The van der Waals surface area contributed by atoms with Gasteiger partial charge < -0.3 is 5.32 Å². The third-order valence-electron chi connectivity index (χ3n) is 2.61. The SMILES string of the molecule is O=C(Nc1c(Cl)cccc1Cl)c1cc([N+](=O)[O-])ccc1Br. The summed E-state index contributed by atoms with van der Waals surface area (Å²) in [4.78, 5) is 22.4. The summed E-state index contributed by atoms with van der Waals surface area (Å²) in [5.74, 6) is -0.555. The number of non-ortho nitro benzene ring substituents is 1. The Bertz CT molecular complexity index is 717. The van der Waals surface area contributed by atoms with Gasteiger partial charge in [0, 0.05) is 16.6 Å². The number of nitro groups is 1. The topological polar surface area (TPSA) is 72.2 Å². The standard InChI is InChI=1S/C13H7BrCl2N2O3/c14-9-5-4-7(18(20)21)6-8(9)13(19)17-12-10(15)2-1-3-11(12)16/h1-6H,(H,17,19). The molecule has 8 heteroatoms. The van der Waals surface area contributed by atoms with E-state index in [1.165, 1.54) is 18.2 Å². The van der Waals surface area contributed by atoms with E-state index in [9.17, 15) is 14.9 Å². The van der Waals surface area contributed by atoms with Crippen LogP contribution in [0.4, 0.5) is 11.4 Å². The van der Waals surface area contributed by atoms with Gasteiger partial charge in [0.15, 0.2) is 0 Å². The quantitative estimate of drug-likeness (QED) is 0.598. The van der Waals surface area contributed by atoms with E-state index in [-0.39, 0.29) is 27.0 Å².